The first-order chi connectivity index (χ1) is 14.2. The zero-order chi connectivity index (χ0) is 21.6. The number of ketones is 1. The maximum atomic E-state index is 12.9. The van der Waals surface area contributed by atoms with Crippen LogP contribution < -0.4 is 0 Å². The third kappa shape index (κ3) is 3.95. The first kappa shape index (κ1) is 21.5. The van der Waals surface area contributed by atoms with Crippen LogP contribution in [0.5, 0.6) is 0 Å². The molecule has 3 aliphatic carbocycles. The number of methoxy groups -OCH3 is 1. The van der Waals surface area contributed by atoms with Crippen molar-refractivity contribution in [3.63, 3.8) is 0 Å². The van der Waals surface area contributed by atoms with Gasteiger partial charge in [0.25, 0.3) is 0 Å². The molecule has 0 N–H and O–H groups in total. The first-order valence-corrected chi connectivity index (χ1v) is 11.5. The molecule has 0 heterocycles. The zero-order valence-electron chi connectivity index (χ0n) is 19.1. The number of rotatable bonds is 6. The Balaban J connectivity index is 1.45. The molecule has 3 aliphatic rings. The Morgan fingerprint density at radius 1 is 0.967 bits per heavy atom. The summed E-state index contributed by atoms with van der Waals surface area (Å²) in [5.41, 5.74) is 1.91. The van der Waals surface area contributed by atoms with Crippen LogP contribution in [0.15, 0.2) is 18.2 Å². The molecule has 164 valence electrons. The monoisotopic (exact) mass is 412 g/mol. The van der Waals surface area contributed by atoms with Gasteiger partial charge >= 0.3 is 5.97 Å². The minimum absolute atomic E-state index is 0.0278. The van der Waals surface area contributed by atoms with Crippen LogP contribution in [0, 0.1) is 35.5 Å². The number of carbonyl (C=O) groups excluding carboxylic acids is 2. The fourth-order valence-corrected chi connectivity index (χ4v) is 6.63. The molecule has 0 aromatic heterocycles. The summed E-state index contributed by atoms with van der Waals surface area (Å²) in [7, 11) is 1.80. The van der Waals surface area contributed by atoms with E-state index in [1.165, 1.54) is 19.3 Å². The molecule has 0 spiro atoms. The normalized spacial score (nSPS) is 32.3. The highest BCUT2D eigenvalue weighted by Crippen LogP contribution is 2.62. The van der Waals surface area contributed by atoms with E-state index in [0.717, 1.165) is 36.3 Å². The van der Waals surface area contributed by atoms with Crippen molar-refractivity contribution in [3.8, 4) is 0 Å². The summed E-state index contributed by atoms with van der Waals surface area (Å²) in [5.74, 6) is 3.90. The fraction of sp³-hybridized carbons (Fsp3) is 0.692. The van der Waals surface area contributed by atoms with Crippen molar-refractivity contribution in [1.82, 2.24) is 0 Å². The highest BCUT2D eigenvalue weighted by atomic mass is 16.5. The Labute approximate surface area is 180 Å². The number of esters is 1. The van der Waals surface area contributed by atoms with Crippen molar-refractivity contribution in [1.29, 1.82) is 0 Å². The van der Waals surface area contributed by atoms with Gasteiger partial charge in [-0.15, -0.1) is 0 Å². The lowest BCUT2D eigenvalue weighted by Gasteiger charge is -2.34. The van der Waals surface area contributed by atoms with E-state index in [0.29, 0.717) is 35.5 Å². The number of benzene rings is 1. The molecular weight excluding hydrogens is 376 g/mol. The standard InChI is InChI=1S/C26H36O4/c1-15(27)17-8-19(11-21(10-17)26(2,3)4)25(28)30-14-16-6-7-22-18-9-20(13-29-5)23(12-18)24(16)22/h8,10-11,16,18,20,22-24H,6-7,9,12-14H2,1-5H3. The third-order valence-corrected chi connectivity index (χ3v) is 8.05. The second-order valence-corrected chi connectivity index (χ2v) is 10.9. The minimum atomic E-state index is -0.302. The predicted molar refractivity (Wildman–Crippen MR) is 117 cm³/mol. The lowest BCUT2D eigenvalue weighted by molar-refractivity contribution is 0.0281. The average Bonchev–Trinajstić information content (AvgIpc) is 3.37. The molecule has 0 aliphatic heterocycles. The summed E-state index contributed by atoms with van der Waals surface area (Å²) in [4.78, 5) is 24.9. The number of hydrogen-bond acceptors (Lipinski definition) is 4. The van der Waals surface area contributed by atoms with Gasteiger partial charge in [-0.25, -0.2) is 4.79 Å². The SMILES string of the molecule is COCC1CC2CC1C1C(COC(=O)c3cc(C(C)=O)cc(C(C)(C)C)c3)CCC21. The summed E-state index contributed by atoms with van der Waals surface area (Å²) in [5, 5.41) is 0. The van der Waals surface area contributed by atoms with Gasteiger partial charge in [0, 0.05) is 19.3 Å². The van der Waals surface area contributed by atoms with Crippen LogP contribution in [0.3, 0.4) is 0 Å². The molecule has 1 aromatic rings. The maximum Gasteiger partial charge on any atom is 0.338 e. The molecule has 2 bridgehead atoms. The van der Waals surface area contributed by atoms with Gasteiger partial charge in [-0.1, -0.05) is 20.8 Å². The Hall–Kier alpha value is -1.68. The molecular formula is C26H36O4. The van der Waals surface area contributed by atoms with Gasteiger partial charge in [0.1, 0.15) is 0 Å². The predicted octanol–water partition coefficient (Wildman–Crippen LogP) is 5.29. The Morgan fingerprint density at radius 2 is 1.70 bits per heavy atom. The maximum absolute atomic E-state index is 12.9. The van der Waals surface area contributed by atoms with Crippen molar-refractivity contribution in [2.45, 2.75) is 58.8 Å². The molecule has 4 rings (SSSR count). The number of fused-ring (bicyclic) bond motifs is 5. The zero-order valence-corrected chi connectivity index (χ0v) is 19.1. The van der Waals surface area contributed by atoms with Gasteiger partial charge < -0.3 is 9.47 Å². The summed E-state index contributed by atoms with van der Waals surface area (Å²) < 4.78 is 11.3. The molecule has 4 nitrogen and oxygen atoms in total. The topological polar surface area (TPSA) is 52.6 Å². The molecule has 30 heavy (non-hydrogen) atoms. The Kier molecular flexibility index (Phi) is 5.82. The summed E-state index contributed by atoms with van der Waals surface area (Å²) in [6.07, 6.45) is 5.10. The van der Waals surface area contributed by atoms with Crippen LogP contribution in [-0.4, -0.2) is 32.1 Å². The quantitative estimate of drug-likeness (QED) is 0.471. The highest BCUT2D eigenvalue weighted by Gasteiger charge is 2.57. The van der Waals surface area contributed by atoms with E-state index < -0.39 is 0 Å². The number of carbonyl (C=O) groups is 2. The van der Waals surface area contributed by atoms with Crippen molar-refractivity contribution in [2.75, 3.05) is 20.3 Å². The molecule has 0 amide bonds. The van der Waals surface area contributed by atoms with E-state index in [1.54, 1.807) is 20.1 Å². The third-order valence-electron chi connectivity index (χ3n) is 8.05. The van der Waals surface area contributed by atoms with Crippen LogP contribution in [0.1, 0.15) is 79.7 Å². The van der Waals surface area contributed by atoms with E-state index in [-0.39, 0.29) is 17.2 Å². The van der Waals surface area contributed by atoms with Gasteiger partial charge in [-0.05, 0) is 97.3 Å². The van der Waals surface area contributed by atoms with Crippen LogP contribution in [0.25, 0.3) is 0 Å². The fourth-order valence-electron chi connectivity index (χ4n) is 6.63. The average molecular weight is 413 g/mol. The molecule has 1 aromatic carbocycles. The molecule has 6 atom stereocenters. The second-order valence-electron chi connectivity index (χ2n) is 10.9. The Bertz CT molecular complexity index is 821. The minimum Gasteiger partial charge on any atom is -0.462 e. The molecule has 0 radical (unpaired) electrons. The van der Waals surface area contributed by atoms with E-state index in [2.05, 4.69) is 20.8 Å². The molecule has 3 fully saturated rings. The summed E-state index contributed by atoms with van der Waals surface area (Å²) in [6.45, 7) is 9.17. The van der Waals surface area contributed by atoms with E-state index in [4.69, 9.17) is 9.47 Å². The van der Waals surface area contributed by atoms with E-state index in [9.17, 15) is 9.59 Å². The van der Waals surface area contributed by atoms with Gasteiger partial charge in [-0.3, -0.25) is 4.79 Å². The number of Topliss-reactive ketones (excluding diaryl/α,β-unsaturated/α-hetero) is 1. The van der Waals surface area contributed by atoms with Crippen molar-refractivity contribution < 1.29 is 19.1 Å². The molecule has 0 saturated heterocycles. The Morgan fingerprint density at radius 3 is 2.37 bits per heavy atom. The van der Waals surface area contributed by atoms with Gasteiger partial charge in [0.05, 0.1) is 12.2 Å². The van der Waals surface area contributed by atoms with Crippen LogP contribution in [0.2, 0.25) is 0 Å². The van der Waals surface area contributed by atoms with Crippen LogP contribution in [-0.2, 0) is 14.9 Å². The lowest BCUT2D eigenvalue weighted by Crippen LogP contribution is -2.32. The van der Waals surface area contributed by atoms with E-state index in [1.807, 2.05) is 12.1 Å². The smallest absolute Gasteiger partial charge is 0.338 e. The lowest BCUT2D eigenvalue weighted by atomic mass is 9.73. The number of ether oxygens (including phenoxy) is 2. The molecule has 4 heteroatoms. The van der Waals surface area contributed by atoms with Crippen LogP contribution in [0.4, 0.5) is 0 Å². The van der Waals surface area contributed by atoms with Crippen LogP contribution >= 0.6 is 0 Å². The highest BCUT2D eigenvalue weighted by molar-refractivity contribution is 5.98. The van der Waals surface area contributed by atoms with Gasteiger partial charge in [0.2, 0.25) is 0 Å². The van der Waals surface area contributed by atoms with Crippen molar-refractivity contribution in [2.24, 2.45) is 35.5 Å². The van der Waals surface area contributed by atoms with Crippen molar-refractivity contribution >= 4 is 11.8 Å². The summed E-state index contributed by atoms with van der Waals surface area (Å²) in [6, 6.07) is 5.47. The summed E-state index contributed by atoms with van der Waals surface area (Å²) >= 11 is 0. The van der Waals surface area contributed by atoms with Crippen molar-refractivity contribution in [3.05, 3.63) is 34.9 Å². The molecule has 6 unspecified atom stereocenters. The largest absolute Gasteiger partial charge is 0.462 e. The van der Waals surface area contributed by atoms with Gasteiger partial charge in [0.15, 0.2) is 5.78 Å². The van der Waals surface area contributed by atoms with Gasteiger partial charge in [-0.2, -0.15) is 0 Å². The molecule has 3 saturated carbocycles. The second kappa shape index (κ2) is 8.11. The van der Waals surface area contributed by atoms with E-state index >= 15 is 0 Å². The number of hydrogen-bond donors (Lipinski definition) is 0. The first-order valence-electron chi connectivity index (χ1n) is 11.5.